The number of hydrogen-bond acceptors (Lipinski definition) is 7. The number of rotatable bonds is 7. The minimum Gasteiger partial charge on any atom is -0.456 e. The highest BCUT2D eigenvalue weighted by molar-refractivity contribution is 7.89. The van der Waals surface area contributed by atoms with Gasteiger partial charge in [-0.05, 0) is 51.1 Å². The molecule has 2 heterocycles. The van der Waals surface area contributed by atoms with E-state index in [-0.39, 0.29) is 22.6 Å². The molecule has 1 unspecified atom stereocenters. The lowest BCUT2D eigenvalue weighted by atomic mass is 10.1. The molecule has 0 N–H and O–H groups in total. The van der Waals surface area contributed by atoms with E-state index in [1.807, 2.05) is 18.4 Å². The number of benzene rings is 2. The fourth-order valence-electron chi connectivity index (χ4n) is 4.08. The van der Waals surface area contributed by atoms with Gasteiger partial charge in [-0.15, -0.1) is 0 Å². The van der Waals surface area contributed by atoms with Crippen LogP contribution in [0, 0.1) is 6.92 Å². The number of nitrogens with zero attached hydrogens (tertiary/aromatic N) is 4. The molecule has 2 amide bonds. The molecule has 2 aromatic carbocycles. The minimum atomic E-state index is -3.63. The Bertz CT molecular complexity index is 1470. The van der Waals surface area contributed by atoms with Crippen LogP contribution in [0.5, 0.6) is 0 Å². The van der Waals surface area contributed by atoms with Crippen LogP contribution in [0.3, 0.4) is 0 Å². The summed E-state index contributed by atoms with van der Waals surface area (Å²) in [7, 11) is -0.731. The van der Waals surface area contributed by atoms with Gasteiger partial charge in [-0.2, -0.15) is 0 Å². The van der Waals surface area contributed by atoms with Crippen molar-refractivity contribution in [3.8, 4) is 0 Å². The number of aryl methyl sites for hydroxylation is 2. The zero-order chi connectivity index (χ0) is 25.7. The highest BCUT2D eigenvalue weighted by Gasteiger charge is 2.41. The van der Waals surface area contributed by atoms with Crippen molar-refractivity contribution in [2.45, 2.75) is 44.9 Å². The molecule has 0 bridgehead atoms. The summed E-state index contributed by atoms with van der Waals surface area (Å²) < 4.78 is 33.3. The third kappa shape index (κ3) is 4.10. The van der Waals surface area contributed by atoms with Crippen LogP contribution in [-0.4, -0.2) is 65.1 Å². The van der Waals surface area contributed by atoms with Crippen molar-refractivity contribution in [2.24, 2.45) is 0 Å². The Morgan fingerprint density at radius 1 is 1.09 bits per heavy atom. The Morgan fingerprint density at radius 3 is 2.43 bits per heavy atom. The first kappa shape index (κ1) is 24.6. The van der Waals surface area contributed by atoms with Crippen molar-refractivity contribution >= 4 is 38.8 Å². The number of carbonyl (C=O) groups excluding carboxylic acids is 3. The van der Waals surface area contributed by atoms with E-state index in [1.54, 1.807) is 24.3 Å². The van der Waals surface area contributed by atoms with Gasteiger partial charge >= 0.3 is 5.97 Å². The first-order valence-electron chi connectivity index (χ1n) is 11.0. The molecule has 0 saturated heterocycles. The zero-order valence-corrected chi connectivity index (χ0v) is 20.9. The quantitative estimate of drug-likeness (QED) is 0.362. The standard InChI is InChI=1S/C24H26N4O6S/c1-6-27-20-10-8-16(35(32,33)26(4)5)12-19(20)25-21(27)13-34-24(31)15(3)28-22(29)17-9-7-14(2)11-18(17)23(28)30/h7-12,15H,6,13H2,1-5H3. The van der Waals surface area contributed by atoms with Gasteiger partial charge in [0.15, 0.2) is 0 Å². The van der Waals surface area contributed by atoms with Gasteiger partial charge in [0.2, 0.25) is 10.0 Å². The Morgan fingerprint density at radius 2 is 1.77 bits per heavy atom. The number of esters is 1. The van der Waals surface area contributed by atoms with Crippen molar-refractivity contribution in [1.82, 2.24) is 18.8 Å². The lowest BCUT2D eigenvalue weighted by molar-refractivity contribution is -0.149. The number of sulfonamides is 1. The van der Waals surface area contributed by atoms with Crippen LogP contribution in [0.2, 0.25) is 0 Å². The van der Waals surface area contributed by atoms with Crippen LogP contribution in [0.15, 0.2) is 41.3 Å². The summed E-state index contributed by atoms with van der Waals surface area (Å²) in [6, 6.07) is 8.47. The summed E-state index contributed by atoms with van der Waals surface area (Å²) in [4.78, 5) is 43.8. The second-order valence-electron chi connectivity index (χ2n) is 8.52. The number of amides is 2. The van der Waals surface area contributed by atoms with Gasteiger partial charge in [-0.25, -0.2) is 22.5 Å². The molecule has 1 aliphatic rings. The molecule has 0 fully saturated rings. The van der Waals surface area contributed by atoms with Crippen LogP contribution in [0.4, 0.5) is 0 Å². The highest BCUT2D eigenvalue weighted by atomic mass is 32.2. The maximum Gasteiger partial charge on any atom is 0.329 e. The van der Waals surface area contributed by atoms with Gasteiger partial charge in [0.1, 0.15) is 18.5 Å². The predicted molar refractivity (Wildman–Crippen MR) is 127 cm³/mol. The molecule has 0 radical (unpaired) electrons. The van der Waals surface area contributed by atoms with Gasteiger partial charge in [-0.3, -0.25) is 14.5 Å². The number of imide groups is 1. The number of imidazole rings is 1. The van der Waals surface area contributed by atoms with E-state index >= 15 is 0 Å². The van der Waals surface area contributed by atoms with Crippen molar-refractivity contribution in [2.75, 3.05) is 14.1 Å². The van der Waals surface area contributed by atoms with Gasteiger partial charge in [0.05, 0.1) is 27.1 Å². The summed E-state index contributed by atoms with van der Waals surface area (Å²) in [5.74, 6) is -1.40. The van der Waals surface area contributed by atoms with Crippen LogP contribution >= 0.6 is 0 Å². The SMILES string of the molecule is CCn1c(COC(=O)C(C)N2C(=O)c3ccc(C)cc3C2=O)nc2cc(S(=O)(=O)N(C)C)ccc21. The number of fused-ring (bicyclic) bond motifs is 2. The Kier molecular flexibility index (Phi) is 6.24. The molecule has 1 atom stereocenters. The van der Waals surface area contributed by atoms with Crippen LogP contribution in [-0.2, 0) is 32.7 Å². The van der Waals surface area contributed by atoms with E-state index < -0.39 is 33.8 Å². The normalized spacial score (nSPS) is 14.6. The van der Waals surface area contributed by atoms with E-state index in [0.717, 1.165) is 14.8 Å². The molecule has 35 heavy (non-hydrogen) atoms. The number of carbonyl (C=O) groups is 3. The minimum absolute atomic E-state index is 0.105. The smallest absolute Gasteiger partial charge is 0.329 e. The topological polar surface area (TPSA) is 119 Å². The molecule has 0 spiro atoms. The number of ether oxygens (including phenoxy) is 1. The fourth-order valence-corrected chi connectivity index (χ4v) is 5.00. The van der Waals surface area contributed by atoms with Gasteiger partial charge in [0.25, 0.3) is 11.8 Å². The summed E-state index contributed by atoms with van der Waals surface area (Å²) in [6.07, 6.45) is 0. The highest BCUT2D eigenvalue weighted by Crippen LogP contribution is 2.27. The third-order valence-corrected chi connectivity index (χ3v) is 7.85. The molecule has 10 nitrogen and oxygen atoms in total. The summed E-state index contributed by atoms with van der Waals surface area (Å²) in [5, 5.41) is 0. The first-order chi connectivity index (χ1) is 16.5. The predicted octanol–water partition coefficient (Wildman–Crippen LogP) is 2.34. The molecule has 0 aliphatic carbocycles. The van der Waals surface area contributed by atoms with E-state index in [1.165, 1.54) is 33.2 Å². The lowest BCUT2D eigenvalue weighted by Gasteiger charge is -2.20. The molecule has 1 aromatic heterocycles. The molecular weight excluding hydrogens is 472 g/mol. The van der Waals surface area contributed by atoms with Crippen molar-refractivity contribution in [1.29, 1.82) is 0 Å². The molecule has 4 rings (SSSR count). The van der Waals surface area contributed by atoms with Crippen molar-refractivity contribution in [3.63, 3.8) is 0 Å². The second-order valence-corrected chi connectivity index (χ2v) is 10.7. The zero-order valence-electron chi connectivity index (χ0n) is 20.1. The van der Waals surface area contributed by atoms with E-state index in [0.29, 0.717) is 23.4 Å². The maximum atomic E-state index is 12.8. The van der Waals surface area contributed by atoms with Crippen molar-refractivity contribution < 1.29 is 27.5 Å². The summed E-state index contributed by atoms with van der Waals surface area (Å²) in [5.41, 5.74) is 2.51. The maximum absolute atomic E-state index is 12.8. The number of aromatic nitrogens is 2. The summed E-state index contributed by atoms with van der Waals surface area (Å²) >= 11 is 0. The molecule has 184 valence electrons. The fraction of sp³-hybridized carbons (Fsp3) is 0.333. The molecular formula is C24H26N4O6S. The van der Waals surface area contributed by atoms with Gasteiger partial charge < -0.3 is 9.30 Å². The average Bonchev–Trinajstić information content (AvgIpc) is 3.29. The molecule has 11 heteroatoms. The molecule has 1 aliphatic heterocycles. The van der Waals surface area contributed by atoms with Crippen LogP contribution in [0.1, 0.15) is 46.0 Å². The lowest BCUT2D eigenvalue weighted by Crippen LogP contribution is -2.43. The van der Waals surface area contributed by atoms with Crippen molar-refractivity contribution in [3.05, 3.63) is 58.9 Å². The van der Waals surface area contributed by atoms with Gasteiger partial charge in [-0.1, -0.05) is 11.6 Å². The van der Waals surface area contributed by atoms with E-state index in [9.17, 15) is 22.8 Å². The monoisotopic (exact) mass is 498 g/mol. The second kappa shape index (κ2) is 8.90. The van der Waals surface area contributed by atoms with E-state index in [4.69, 9.17) is 4.74 Å². The average molecular weight is 499 g/mol. The summed E-state index contributed by atoms with van der Waals surface area (Å²) in [6.45, 7) is 5.45. The van der Waals surface area contributed by atoms with Crippen LogP contribution in [0.25, 0.3) is 11.0 Å². The Labute approximate surface area is 203 Å². The number of hydrogen-bond donors (Lipinski definition) is 0. The molecule has 0 saturated carbocycles. The Hall–Kier alpha value is -3.57. The van der Waals surface area contributed by atoms with Crippen LogP contribution < -0.4 is 0 Å². The van der Waals surface area contributed by atoms with E-state index in [2.05, 4.69) is 4.98 Å². The third-order valence-electron chi connectivity index (χ3n) is 6.04. The Balaban J connectivity index is 1.54. The molecule has 3 aromatic rings. The largest absolute Gasteiger partial charge is 0.456 e. The first-order valence-corrected chi connectivity index (χ1v) is 12.5. The van der Waals surface area contributed by atoms with Gasteiger partial charge in [0, 0.05) is 20.6 Å².